The van der Waals surface area contributed by atoms with Crippen LogP contribution in [0.5, 0.6) is 0 Å². The Hall–Kier alpha value is -4.41. The topological polar surface area (TPSA) is 124 Å². The lowest BCUT2D eigenvalue weighted by Crippen LogP contribution is -2.56. The first-order valence-electron chi connectivity index (χ1n) is 13.9. The fourth-order valence-corrected chi connectivity index (χ4v) is 7.47. The average Bonchev–Trinajstić information content (AvgIpc) is 3.65. The van der Waals surface area contributed by atoms with Crippen LogP contribution in [0.25, 0.3) is 43.6 Å². The maximum absolute atomic E-state index is 13.5. The maximum atomic E-state index is 13.5. The summed E-state index contributed by atoms with van der Waals surface area (Å²) >= 11 is 0. The van der Waals surface area contributed by atoms with Gasteiger partial charge in [-0.15, -0.1) is 0 Å². The second kappa shape index (κ2) is 7.86. The molecule has 3 aromatic carbocycles. The van der Waals surface area contributed by atoms with E-state index in [0.717, 1.165) is 55.6 Å². The molecule has 3 unspecified atom stereocenters. The van der Waals surface area contributed by atoms with Crippen molar-refractivity contribution in [1.29, 1.82) is 0 Å². The van der Waals surface area contributed by atoms with Gasteiger partial charge in [-0.1, -0.05) is 25.1 Å². The van der Waals surface area contributed by atoms with Crippen molar-refractivity contribution in [3.8, 4) is 0 Å². The van der Waals surface area contributed by atoms with Gasteiger partial charge in [0.25, 0.3) is 5.91 Å². The van der Waals surface area contributed by atoms with Crippen LogP contribution < -0.4 is 10.6 Å². The molecule has 5 aromatic rings. The van der Waals surface area contributed by atoms with Crippen LogP contribution >= 0.6 is 0 Å². The number of nitrogens with zero attached hydrogens (tertiary/aromatic N) is 2. The summed E-state index contributed by atoms with van der Waals surface area (Å²) in [4.78, 5) is 39.3. The first kappa shape index (κ1) is 24.4. The maximum Gasteiger partial charge on any atom is 0.343 e. The standard InChI is InChI=1S/C31H28N4O6/c1-4-7-21(36)33-15-10-11-19-17(12-15)24-25-18(14-32-28(25)37)23-16-8-5-6-9-20(16)35-27(23)26(24)34(19)22-13-31(39,29(38)40-3)30(35,2)41-22/h5-6,8-12,22,39H,4,7,13-14H2,1-3H3,(H,32,37)(H,33,36). The number of carbonyl (C=O) groups excluding carboxylic acids is 3. The number of ether oxygens (including phenoxy) is 2. The summed E-state index contributed by atoms with van der Waals surface area (Å²) in [6.45, 7) is 4.02. The fraction of sp³-hybridized carbons (Fsp3) is 0.323. The molecule has 3 N–H and O–H groups in total. The molecule has 3 atom stereocenters. The number of rotatable bonds is 4. The smallest absolute Gasteiger partial charge is 0.343 e. The molecule has 10 nitrogen and oxygen atoms in total. The number of nitrogens with one attached hydrogen (secondary N) is 2. The molecule has 0 saturated carbocycles. The predicted octanol–water partition coefficient (Wildman–Crippen LogP) is 4.39. The SMILES string of the molecule is CCCC(=O)Nc1ccc2c(c1)c1c3c(c4c5ccccc5n5c4c1n2C1CC(O)(C(=O)OC)C5(C)O1)CNC3=O. The van der Waals surface area contributed by atoms with Gasteiger partial charge in [-0.2, -0.15) is 0 Å². The molecule has 208 valence electrons. The van der Waals surface area contributed by atoms with Crippen molar-refractivity contribution in [3.63, 3.8) is 0 Å². The van der Waals surface area contributed by atoms with Crippen molar-refractivity contribution in [2.24, 2.45) is 0 Å². The third-order valence-corrected chi connectivity index (χ3v) is 9.21. The second-order valence-corrected chi connectivity index (χ2v) is 11.3. The van der Waals surface area contributed by atoms with Crippen molar-refractivity contribution >= 4 is 67.1 Å². The summed E-state index contributed by atoms with van der Waals surface area (Å²) in [5.41, 5.74) is 1.68. The van der Waals surface area contributed by atoms with E-state index in [1.165, 1.54) is 7.11 Å². The monoisotopic (exact) mass is 552 g/mol. The molecule has 2 bridgehead atoms. The van der Waals surface area contributed by atoms with Gasteiger partial charge in [0.05, 0.1) is 34.7 Å². The van der Waals surface area contributed by atoms with Gasteiger partial charge in [-0.25, -0.2) is 4.79 Å². The van der Waals surface area contributed by atoms with Gasteiger partial charge in [0.15, 0.2) is 5.72 Å². The quantitative estimate of drug-likeness (QED) is 0.284. The summed E-state index contributed by atoms with van der Waals surface area (Å²) in [6, 6.07) is 13.4. The summed E-state index contributed by atoms with van der Waals surface area (Å²) in [6.07, 6.45) is 0.332. The molecule has 1 saturated heterocycles. The summed E-state index contributed by atoms with van der Waals surface area (Å²) in [7, 11) is 1.26. The normalized spacial score (nSPS) is 24.4. The number of anilines is 1. The minimum atomic E-state index is -2.00. The van der Waals surface area contributed by atoms with Crippen molar-refractivity contribution in [1.82, 2.24) is 14.5 Å². The number of amides is 2. The van der Waals surface area contributed by atoms with Gasteiger partial charge in [0.1, 0.15) is 6.23 Å². The fourth-order valence-electron chi connectivity index (χ4n) is 7.47. The van der Waals surface area contributed by atoms with Crippen LogP contribution in [0.15, 0.2) is 42.5 Å². The van der Waals surface area contributed by atoms with Crippen molar-refractivity contribution < 1.29 is 29.0 Å². The lowest BCUT2D eigenvalue weighted by atomic mass is 9.88. The van der Waals surface area contributed by atoms with Crippen molar-refractivity contribution in [2.45, 2.75) is 57.2 Å². The van der Waals surface area contributed by atoms with Crippen LogP contribution in [-0.4, -0.2) is 44.7 Å². The number of esters is 1. The van der Waals surface area contributed by atoms with Crippen LogP contribution in [0.4, 0.5) is 5.69 Å². The number of hydrogen-bond acceptors (Lipinski definition) is 6. The van der Waals surface area contributed by atoms with E-state index in [4.69, 9.17) is 9.47 Å². The molecule has 1 fully saturated rings. The van der Waals surface area contributed by atoms with E-state index in [-0.39, 0.29) is 18.2 Å². The number of para-hydroxylation sites is 1. The van der Waals surface area contributed by atoms with Gasteiger partial charge >= 0.3 is 5.97 Å². The number of fused-ring (bicyclic) bond motifs is 13. The number of carbonyl (C=O) groups is 3. The number of hydrogen-bond donors (Lipinski definition) is 3. The molecule has 0 radical (unpaired) electrons. The third-order valence-electron chi connectivity index (χ3n) is 9.21. The number of aliphatic hydroxyl groups is 1. The Morgan fingerprint density at radius 2 is 1.95 bits per heavy atom. The van der Waals surface area contributed by atoms with Crippen LogP contribution in [0.2, 0.25) is 0 Å². The Bertz CT molecular complexity index is 2040. The summed E-state index contributed by atoms with van der Waals surface area (Å²) in [5, 5.41) is 21.4. The van der Waals surface area contributed by atoms with Gasteiger partial charge in [-0.3, -0.25) is 9.59 Å². The zero-order valence-corrected chi connectivity index (χ0v) is 22.8. The molecule has 8 rings (SSSR count). The van der Waals surface area contributed by atoms with E-state index in [1.807, 2.05) is 58.5 Å². The predicted molar refractivity (Wildman–Crippen MR) is 153 cm³/mol. The van der Waals surface area contributed by atoms with Crippen molar-refractivity contribution in [3.05, 3.63) is 53.6 Å². The highest BCUT2D eigenvalue weighted by atomic mass is 16.6. The highest BCUT2D eigenvalue weighted by molar-refractivity contribution is 6.31. The number of aromatic nitrogens is 2. The molecular weight excluding hydrogens is 524 g/mol. The highest BCUT2D eigenvalue weighted by Crippen LogP contribution is 2.57. The average molecular weight is 553 g/mol. The largest absolute Gasteiger partial charge is 0.467 e. The molecule has 3 aliphatic heterocycles. The lowest BCUT2D eigenvalue weighted by Gasteiger charge is -2.37. The zero-order valence-electron chi connectivity index (χ0n) is 22.8. The Morgan fingerprint density at radius 3 is 2.73 bits per heavy atom. The van der Waals surface area contributed by atoms with E-state index >= 15 is 0 Å². The van der Waals surface area contributed by atoms with Gasteiger partial charge in [0, 0.05) is 46.6 Å². The molecule has 3 aliphatic rings. The molecular formula is C31H28N4O6. The minimum absolute atomic E-state index is 0.0548. The first-order chi connectivity index (χ1) is 19.7. The van der Waals surface area contributed by atoms with Crippen LogP contribution in [0.1, 0.15) is 55.3 Å². The molecule has 10 heteroatoms. The molecule has 0 aliphatic carbocycles. The van der Waals surface area contributed by atoms with Crippen molar-refractivity contribution in [2.75, 3.05) is 12.4 Å². The highest BCUT2D eigenvalue weighted by Gasteiger charge is 2.65. The van der Waals surface area contributed by atoms with Crippen LogP contribution in [-0.2, 0) is 31.3 Å². The van der Waals surface area contributed by atoms with E-state index < -0.39 is 23.5 Å². The van der Waals surface area contributed by atoms with Gasteiger partial charge in [-0.05, 0) is 43.2 Å². The first-order valence-corrected chi connectivity index (χ1v) is 13.9. The van der Waals surface area contributed by atoms with E-state index in [1.54, 1.807) is 6.92 Å². The number of methoxy groups -OCH3 is 1. The number of benzene rings is 3. The second-order valence-electron chi connectivity index (χ2n) is 11.3. The molecule has 2 aromatic heterocycles. The van der Waals surface area contributed by atoms with Crippen LogP contribution in [0.3, 0.4) is 0 Å². The van der Waals surface area contributed by atoms with E-state index in [2.05, 4.69) is 10.6 Å². The Labute approximate surface area is 233 Å². The lowest BCUT2D eigenvalue weighted by molar-refractivity contribution is -0.202. The van der Waals surface area contributed by atoms with Crippen LogP contribution in [0, 0.1) is 0 Å². The molecule has 2 amide bonds. The van der Waals surface area contributed by atoms with E-state index in [9.17, 15) is 19.5 Å². The van der Waals surface area contributed by atoms with E-state index in [0.29, 0.717) is 24.2 Å². The Kier molecular flexibility index (Phi) is 4.68. The van der Waals surface area contributed by atoms with Gasteiger partial charge < -0.3 is 34.3 Å². The van der Waals surface area contributed by atoms with Gasteiger partial charge in [0.2, 0.25) is 11.5 Å². The molecule has 41 heavy (non-hydrogen) atoms. The zero-order chi connectivity index (χ0) is 28.4. The minimum Gasteiger partial charge on any atom is -0.467 e. The molecule has 0 spiro atoms. The Morgan fingerprint density at radius 1 is 1.15 bits per heavy atom. The summed E-state index contributed by atoms with van der Waals surface area (Å²) < 4.78 is 15.8. The summed E-state index contributed by atoms with van der Waals surface area (Å²) in [5.74, 6) is -1.02. The molecule has 5 heterocycles. The third kappa shape index (κ3) is 2.76. The Balaban J connectivity index is 1.60.